The van der Waals surface area contributed by atoms with Gasteiger partial charge in [0.05, 0.1) is 30.9 Å². The Bertz CT molecular complexity index is 1620. The maximum atomic E-state index is 15.8. The summed E-state index contributed by atoms with van der Waals surface area (Å²) in [7, 11) is 2.65. The molecule has 0 fully saturated rings. The van der Waals surface area contributed by atoms with E-state index in [1.54, 1.807) is 30.3 Å². The van der Waals surface area contributed by atoms with Crippen LogP contribution in [0.1, 0.15) is 38.2 Å². The minimum absolute atomic E-state index is 0.0965. The first-order valence-corrected chi connectivity index (χ1v) is 12.5. The van der Waals surface area contributed by atoms with Gasteiger partial charge in [0, 0.05) is 17.5 Å². The van der Waals surface area contributed by atoms with E-state index in [1.807, 2.05) is 0 Å². The Morgan fingerprint density at radius 2 is 1.33 bits per heavy atom. The average molecular weight is 610 g/mol. The Hall–Kier alpha value is -4.61. The number of nitrogens with one attached hydrogen (secondary N) is 1. The summed E-state index contributed by atoms with van der Waals surface area (Å²) in [6.07, 6.45) is -10.3. The first-order chi connectivity index (χ1) is 20.2. The van der Waals surface area contributed by atoms with Crippen molar-refractivity contribution in [2.24, 2.45) is 0 Å². The predicted octanol–water partition coefficient (Wildman–Crippen LogP) is 7.94. The third-order valence-corrected chi connectivity index (χ3v) is 6.81. The summed E-state index contributed by atoms with van der Waals surface area (Å²) in [6.45, 7) is 0. The fraction of sp³-hybridized carbons (Fsp3) is 0.194. The van der Waals surface area contributed by atoms with Crippen molar-refractivity contribution in [2.45, 2.75) is 24.3 Å². The summed E-state index contributed by atoms with van der Waals surface area (Å²) in [5.41, 5.74) is -5.51. The zero-order valence-corrected chi connectivity index (χ0v) is 22.5. The van der Waals surface area contributed by atoms with Gasteiger partial charge >= 0.3 is 12.4 Å². The monoisotopic (exact) mass is 609 g/mol. The Morgan fingerprint density at radius 1 is 0.674 bits per heavy atom. The summed E-state index contributed by atoms with van der Waals surface area (Å²) in [5, 5.41) is 2.57. The molecule has 4 aromatic carbocycles. The molecule has 12 heteroatoms. The van der Waals surface area contributed by atoms with Crippen LogP contribution in [0, 0.1) is 11.6 Å². The number of methoxy groups -OCH3 is 2. The molecule has 0 aliphatic carbocycles. The smallest absolute Gasteiger partial charge is 0.419 e. The highest BCUT2D eigenvalue weighted by Crippen LogP contribution is 2.41. The van der Waals surface area contributed by atoms with Gasteiger partial charge in [-0.1, -0.05) is 42.5 Å². The number of alkyl halides is 6. The van der Waals surface area contributed by atoms with E-state index < -0.39 is 57.7 Å². The van der Waals surface area contributed by atoms with Crippen LogP contribution in [0.15, 0.2) is 84.9 Å². The van der Waals surface area contributed by atoms with E-state index in [0.29, 0.717) is 23.8 Å². The molecule has 4 rings (SSSR count). The molecule has 0 radical (unpaired) electrons. The SMILES string of the molecule is COc1ccc(C(Cc2ccccc2)(NC(=O)c2ccc(F)c(C(F)(F)F)c2)c2ccc(C(F)(F)F)cc2F)cc1OC. The third-order valence-electron chi connectivity index (χ3n) is 6.81. The largest absolute Gasteiger partial charge is 0.493 e. The maximum Gasteiger partial charge on any atom is 0.419 e. The lowest BCUT2D eigenvalue weighted by Crippen LogP contribution is -2.49. The number of benzene rings is 4. The molecule has 0 saturated carbocycles. The number of hydrogen-bond donors (Lipinski definition) is 1. The van der Waals surface area contributed by atoms with Gasteiger partial charge in [0.1, 0.15) is 11.6 Å². The van der Waals surface area contributed by atoms with Gasteiger partial charge in [-0.3, -0.25) is 4.79 Å². The molecule has 43 heavy (non-hydrogen) atoms. The fourth-order valence-electron chi connectivity index (χ4n) is 4.73. The van der Waals surface area contributed by atoms with E-state index in [2.05, 4.69) is 5.32 Å². The molecule has 1 unspecified atom stereocenters. The van der Waals surface area contributed by atoms with Crippen LogP contribution in [0.4, 0.5) is 35.1 Å². The highest BCUT2D eigenvalue weighted by Gasteiger charge is 2.42. The zero-order chi connectivity index (χ0) is 31.6. The summed E-state index contributed by atoms with van der Waals surface area (Å²) in [6, 6.07) is 15.7. The molecule has 226 valence electrons. The van der Waals surface area contributed by atoms with Gasteiger partial charge in [-0.2, -0.15) is 26.3 Å². The molecule has 0 saturated heterocycles. The van der Waals surface area contributed by atoms with Crippen molar-refractivity contribution in [1.82, 2.24) is 5.32 Å². The summed E-state index contributed by atoms with van der Waals surface area (Å²) in [4.78, 5) is 13.6. The van der Waals surface area contributed by atoms with Crippen LogP contribution in [0.5, 0.6) is 11.5 Å². The van der Waals surface area contributed by atoms with Crippen LogP contribution in [0.2, 0.25) is 0 Å². The summed E-state index contributed by atoms with van der Waals surface area (Å²) in [5.74, 6) is -3.81. The number of carbonyl (C=O) groups is 1. The second-order valence-electron chi connectivity index (χ2n) is 9.48. The highest BCUT2D eigenvalue weighted by molar-refractivity contribution is 5.95. The van der Waals surface area contributed by atoms with Crippen molar-refractivity contribution in [3.8, 4) is 11.5 Å². The molecule has 0 aromatic heterocycles. The molecule has 4 aromatic rings. The van der Waals surface area contributed by atoms with Crippen LogP contribution < -0.4 is 14.8 Å². The van der Waals surface area contributed by atoms with Crippen LogP contribution in [-0.4, -0.2) is 20.1 Å². The van der Waals surface area contributed by atoms with Crippen LogP contribution in [0.25, 0.3) is 0 Å². The first kappa shape index (κ1) is 31.3. The van der Waals surface area contributed by atoms with Gasteiger partial charge in [-0.15, -0.1) is 0 Å². The van der Waals surface area contributed by atoms with Crippen LogP contribution >= 0.6 is 0 Å². The van der Waals surface area contributed by atoms with E-state index >= 15 is 4.39 Å². The quantitative estimate of drug-likeness (QED) is 0.207. The summed E-state index contributed by atoms with van der Waals surface area (Å²) >= 11 is 0. The fourth-order valence-corrected chi connectivity index (χ4v) is 4.73. The molecular formula is C31H23F8NO3. The van der Waals surface area contributed by atoms with Crippen LogP contribution in [0.3, 0.4) is 0 Å². The minimum Gasteiger partial charge on any atom is -0.493 e. The molecular weight excluding hydrogens is 586 g/mol. The summed E-state index contributed by atoms with van der Waals surface area (Å²) < 4.78 is 121. The minimum atomic E-state index is -5.13. The molecule has 1 amide bonds. The number of hydrogen-bond acceptors (Lipinski definition) is 3. The van der Waals surface area contributed by atoms with Crippen molar-refractivity contribution in [3.63, 3.8) is 0 Å². The van der Waals surface area contributed by atoms with Gasteiger partial charge in [-0.05, 0) is 53.6 Å². The van der Waals surface area contributed by atoms with Crippen molar-refractivity contribution in [1.29, 1.82) is 0 Å². The molecule has 0 bridgehead atoms. The van der Waals surface area contributed by atoms with Gasteiger partial charge in [0.15, 0.2) is 11.5 Å². The van der Waals surface area contributed by atoms with Crippen molar-refractivity contribution in [2.75, 3.05) is 14.2 Å². The molecule has 0 aliphatic heterocycles. The van der Waals surface area contributed by atoms with E-state index in [9.17, 15) is 35.5 Å². The molecule has 1 N–H and O–H groups in total. The van der Waals surface area contributed by atoms with Gasteiger partial charge in [0.25, 0.3) is 5.91 Å². The third kappa shape index (κ3) is 6.58. The highest BCUT2D eigenvalue weighted by atomic mass is 19.4. The number of amides is 1. The standard InChI is InChI=1S/C31H23F8NO3/c1-42-26-13-10-20(16-27(26)43-2)29(17-18-6-4-3-5-7-18,22-11-9-21(15-25(22)33)30(34,35)36)40-28(41)19-8-12-24(32)23(14-19)31(37,38)39/h3-16H,17H2,1-2H3,(H,40,41). The Balaban J connectivity index is 2.01. The number of rotatable bonds is 8. The number of halogens is 8. The maximum absolute atomic E-state index is 15.8. The van der Waals surface area contributed by atoms with Crippen molar-refractivity contribution < 1.29 is 49.4 Å². The van der Waals surface area contributed by atoms with E-state index in [4.69, 9.17) is 9.47 Å². The molecule has 1 atom stereocenters. The molecule has 4 nitrogen and oxygen atoms in total. The predicted molar refractivity (Wildman–Crippen MR) is 141 cm³/mol. The average Bonchev–Trinajstić information content (AvgIpc) is 2.96. The molecule has 0 heterocycles. The number of ether oxygens (including phenoxy) is 2. The Kier molecular flexibility index (Phi) is 8.70. The molecule has 0 aliphatic rings. The topological polar surface area (TPSA) is 47.6 Å². The van der Waals surface area contributed by atoms with Crippen LogP contribution in [-0.2, 0) is 24.3 Å². The zero-order valence-electron chi connectivity index (χ0n) is 22.5. The lowest BCUT2D eigenvalue weighted by atomic mass is 9.77. The normalized spacial score (nSPS) is 13.3. The number of carbonyl (C=O) groups excluding carboxylic acids is 1. The van der Waals surface area contributed by atoms with E-state index in [1.165, 1.54) is 32.4 Å². The second kappa shape index (κ2) is 11.9. The van der Waals surface area contributed by atoms with Crippen molar-refractivity contribution >= 4 is 5.91 Å². The van der Waals surface area contributed by atoms with Gasteiger partial charge < -0.3 is 14.8 Å². The lowest BCUT2D eigenvalue weighted by molar-refractivity contribution is -0.140. The van der Waals surface area contributed by atoms with E-state index in [0.717, 1.165) is 12.1 Å². The molecule has 0 spiro atoms. The van der Waals surface area contributed by atoms with Crippen molar-refractivity contribution in [3.05, 3.63) is 130 Å². The Morgan fingerprint density at radius 3 is 1.91 bits per heavy atom. The Labute approximate surface area is 240 Å². The first-order valence-electron chi connectivity index (χ1n) is 12.5. The van der Waals surface area contributed by atoms with Gasteiger partial charge in [0.2, 0.25) is 0 Å². The second-order valence-corrected chi connectivity index (χ2v) is 9.48. The van der Waals surface area contributed by atoms with E-state index in [-0.39, 0.29) is 29.5 Å². The lowest BCUT2D eigenvalue weighted by Gasteiger charge is -2.37. The van der Waals surface area contributed by atoms with Gasteiger partial charge in [-0.25, -0.2) is 8.78 Å².